The highest BCUT2D eigenvalue weighted by Crippen LogP contribution is 2.26. The van der Waals surface area contributed by atoms with Gasteiger partial charge < -0.3 is 14.2 Å². The molecule has 0 bridgehead atoms. The summed E-state index contributed by atoms with van der Waals surface area (Å²) in [6, 6.07) is 5.19. The Labute approximate surface area is 118 Å². The number of benzene rings is 1. The summed E-state index contributed by atoms with van der Waals surface area (Å²) in [7, 11) is 0. The van der Waals surface area contributed by atoms with Gasteiger partial charge in [-0.05, 0) is 26.0 Å². The van der Waals surface area contributed by atoms with Crippen molar-refractivity contribution in [1.29, 1.82) is 0 Å². The molecule has 0 aliphatic rings. The van der Waals surface area contributed by atoms with E-state index in [-0.39, 0.29) is 6.29 Å². The van der Waals surface area contributed by atoms with E-state index in [1.807, 2.05) is 13.8 Å². The summed E-state index contributed by atoms with van der Waals surface area (Å²) >= 11 is 11.7. The van der Waals surface area contributed by atoms with Crippen molar-refractivity contribution < 1.29 is 14.2 Å². The summed E-state index contributed by atoms with van der Waals surface area (Å²) in [5.41, 5.74) is 0. The van der Waals surface area contributed by atoms with Gasteiger partial charge in [-0.3, -0.25) is 0 Å². The Morgan fingerprint density at radius 3 is 2.28 bits per heavy atom. The zero-order valence-corrected chi connectivity index (χ0v) is 12.1. The smallest absolute Gasteiger partial charge is 0.160 e. The van der Waals surface area contributed by atoms with Gasteiger partial charge in [0, 0.05) is 25.7 Å². The lowest BCUT2D eigenvalue weighted by Gasteiger charge is -2.17. The van der Waals surface area contributed by atoms with E-state index in [4.69, 9.17) is 37.4 Å². The van der Waals surface area contributed by atoms with Crippen LogP contribution in [0.1, 0.15) is 20.3 Å². The summed E-state index contributed by atoms with van der Waals surface area (Å²) in [5, 5.41) is 1.01. The molecule has 0 aliphatic carbocycles. The molecule has 1 aromatic carbocycles. The molecule has 3 nitrogen and oxygen atoms in total. The monoisotopic (exact) mass is 292 g/mol. The first-order valence-corrected chi connectivity index (χ1v) is 6.74. The third-order valence-electron chi connectivity index (χ3n) is 2.22. The van der Waals surface area contributed by atoms with E-state index in [0.717, 1.165) is 0 Å². The van der Waals surface area contributed by atoms with Crippen molar-refractivity contribution in [2.75, 3.05) is 19.8 Å². The molecule has 0 N–H and O–H groups in total. The molecule has 0 radical (unpaired) electrons. The van der Waals surface area contributed by atoms with Crippen LogP contribution in [0.25, 0.3) is 0 Å². The molecule has 0 fully saturated rings. The summed E-state index contributed by atoms with van der Waals surface area (Å²) in [6.07, 6.45) is 0.449. The minimum Gasteiger partial charge on any atom is -0.493 e. The summed E-state index contributed by atoms with van der Waals surface area (Å²) < 4.78 is 16.4. The molecule has 0 saturated carbocycles. The summed E-state index contributed by atoms with van der Waals surface area (Å²) in [5.74, 6) is 0.691. The third kappa shape index (κ3) is 5.44. The Kier molecular flexibility index (Phi) is 7.44. The van der Waals surface area contributed by atoms with Crippen molar-refractivity contribution in [2.24, 2.45) is 0 Å². The predicted octanol–water partition coefficient (Wildman–Crippen LogP) is 4.16. The van der Waals surface area contributed by atoms with E-state index >= 15 is 0 Å². The molecule has 0 amide bonds. The molecule has 0 heterocycles. The van der Waals surface area contributed by atoms with Gasteiger partial charge in [-0.15, -0.1) is 0 Å². The molecule has 0 aliphatic heterocycles. The van der Waals surface area contributed by atoms with Gasteiger partial charge >= 0.3 is 0 Å². The number of ether oxygens (including phenoxy) is 3. The molecule has 102 valence electrons. The Hall–Kier alpha value is -0.480. The van der Waals surface area contributed by atoms with E-state index in [9.17, 15) is 0 Å². The van der Waals surface area contributed by atoms with Gasteiger partial charge in [0.2, 0.25) is 0 Å². The average molecular weight is 293 g/mol. The second-order valence-corrected chi connectivity index (χ2v) is 4.37. The Morgan fingerprint density at radius 1 is 1.06 bits per heavy atom. The normalized spacial score (nSPS) is 10.9. The van der Waals surface area contributed by atoms with Crippen LogP contribution in [0.15, 0.2) is 18.2 Å². The third-order valence-corrected chi connectivity index (χ3v) is 2.96. The largest absolute Gasteiger partial charge is 0.493 e. The number of rotatable bonds is 8. The molecular formula is C13H18Cl2O3. The van der Waals surface area contributed by atoms with Crippen LogP contribution in [0.3, 0.4) is 0 Å². The van der Waals surface area contributed by atoms with Crippen LogP contribution in [0.5, 0.6) is 5.75 Å². The van der Waals surface area contributed by atoms with Gasteiger partial charge in [0.05, 0.1) is 16.7 Å². The first-order valence-electron chi connectivity index (χ1n) is 5.98. The maximum atomic E-state index is 5.89. The second kappa shape index (κ2) is 8.59. The van der Waals surface area contributed by atoms with Crippen molar-refractivity contribution in [3.63, 3.8) is 0 Å². The highest BCUT2D eigenvalue weighted by molar-refractivity contribution is 6.42. The number of hydrogen-bond acceptors (Lipinski definition) is 3. The Morgan fingerprint density at radius 2 is 1.72 bits per heavy atom. The minimum atomic E-state index is -0.220. The van der Waals surface area contributed by atoms with Crippen molar-refractivity contribution in [3.05, 3.63) is 28.2 Å². The molecule has 0 atom stereocenters. The first kappa shape index (κ1) is 15.6. The molecule has 1 rings (SSSR count). The fraction of sp³-hybridized carbons (Fsp3) is 0.538. The lowest BCUT2D eigenvalue weighted by Crippen LogP contribution is -2.20. The molecule has 0 unspecified atom stereocenters. The van der Waals surface area contributed by atoms with Crippen LogP contribution in [0, 0.1) is 0 Å². The topological polar surface area (TPSA) is 27.7 Å². The average Bonchev–Trinajstić information content (AvgIpc) is 2.34. The van der Waals surface area contributed by atoms with Gasteiger partial charge in [-0.2, -0.15) is 0 Å². The van der Waals surface area contributed by atoms with E-state index < -0.39 is 0 Å². The van der Waals surface area contributed by atoms with Crippen LogP contribution < -0.4 is 4.74 Å². The quantitative estimate of drug-likeness (QED) is 0.673. The van der Waals surface area contributed by atoms with Gasteiger partial charge in [-0.25, -0.2) is 0 Å². The van der Waals surface area contributed by atoms with E-state index in [2.05, 4.69) is 0 Å². The predicted molar refractivity (Wildman–Crippen MR) is 73.6 cm³/mol. The van der Waals surface area contributed by atoms with E-state index in [1.165, 1.54) is 0 Å². The molecular weight excluding hydrogens is 275 g/mol. The summed E-state index contributed by atoms with van der Waals surface area (Å²) in [6.45, 7) is 5.62. The van der Waals surface area contributed by atoms with Crippen molar-refractivity contribution >= 4 is 23.2 Å². The first-order chi connectivity index (χ1) is 8.67. The highest BCUT2D eigenvalue weighted by atomic mass is 35.5. The van der Waals surface area contributed by atoms with Crippen LogP contribution in [0.4, 0.5) is 0 Å². The Balaban J connectivity index is 2.37. The zero-order valence-electron chi connectivity index (χ0n) is 10.6. The molecule has 5 heteroatoms. The van der Waals surface area contributed by atoms with Gasteiger partial charge in [0.15, 0.2) is 6.29 Å². The maximum absolute atomic E-state index is 5.89. The van der Waals surface area contributed by atoms with Crippen LogP contribution in [-0.2, 0) is 9.47 Å². The van der Waals surface area contributed by atoms with Crippen molar-refractivity contribution in [2.45, 2.75) is 26.6 Å². The minimum absolute atomic E-state index is 0.220. The van der Waals surface area contributed by atoms with E-state index in [0.29, 0.717) is 42.0 Å². The molecule has 0 aromatic heterocycles. The highest BCUT2D eigenvalue weighted by Gasteiger charge is 2.08. The fourth-order valence-corrected chi connectivity index (χ4v) is 1.71. The lowest BCUT2D eigenvalue weighted by atomic mass is 10.3. The SMILES string of the molecule is CCOC(CCOc1ccc(Cl)c(Cl)c1)OCC. The fourth-order valence-electron chi connectivity index (χ4n) is 1.43. The molecule has 0 saturated heterocycles. The lowest BCUT2D eigenvalue weighted by molar-refractivity contribution is -0.142. The van der Waals surface area contributed by atoms with Crippen LogP contribution >= 0.6 is 23.2 Å². The zero-order chi connectivity index (χ0) is 13.4. The number of halogens is 2. The van der Waals surface area contributed by atoms with Crippen LogP contribution in [0.2, 0.25) is 10.0 Å². The van der Waals surface area contributed by atoms with Crippen molar-refractivity contribution in [3.8, 4) is 5.75 Å². The summed E-state index contributed by atoms with van der Waals surface area (Å²) in [4.78, 5) is 0. The standard InChI is InChI=1S/C13H18Cl2O3/c1-3-16-13(17-4-2)7-8-18-10-5-6-11(14)12(15)9-10/h5-6,9,13H,3-4,7-8H2,1-2H3. The molecule has 0 spiro atoms. The van der Waals surface area contributed by atoms with E-state index in [1.54, 1.807) is 18.2 Å². The Bertz CT molecular complexity index is 352. The van der Waals surface area contributed by atoms with Gasteiger partial charge in [0.25, 0.3) is 0 Å². The van der Waals surface area contributed by atoms with Crippen LogP contribution in [-0.4, -0.2) is 26.1 Å². The van der Waals surface area contributed by atoms with Crippen molar-refractivity contribution in [1.82, 2.24) is 0 Å². The molecule has 1 aromatic rings. The molecule has 18 heavy (non-hydrogen) atoms. The van der Waals surface area contributed by atoms with Gasteiger partial charge in [-0.1, -0.05) is 23.2 Å². The van der Waals surface area contributed by atoms with Gasteiger partial charge in [0.1, 0.15) is 5.75 Å². The second-order valence-electron chi connectivity index (χ2n) is 3.55. The number of hydrogen-bond donors (Lipinski definition) is 0. The maximum Gasteiger partial charge on any atom is 0.160 e.